The van der Waals surface area contributed by atoms with Gasteiger partial charge in [0.1, 0.15) is 17.5 Å². The third-order valence-electron chi connectivity index (χ3n) is 5.65. The molecule has 0 bridgehead atoms. The van der Waals surface area contributed by atoms with Crippen LogP contribution in [0.25, 0.3) is 0 Å². The average Bonchev–Trinajstić information content (AvgIpc) is 3.09. The van der Waals surface area contributed by atoms with Crippen molar-refractivity contribution in [2.24, 2.45) is 7.05 Å². The molecule has 150 valence electrons. The molecule has 28 heavy (non-hydrogen) atoms. The topological polar surface area (TPSA) is 63.5 Å². The summed E-state index contributed by atoms with van der Waals surface area (Å²) in [6.45, 7) is 5.23. The number of hydrogen-bond acceptors (Lipinski definition) is 5. The SMILES string of the molecule is Cn1c(CN2CCOCC2)nnc1[C@H]1CCCN(C(=O)c2ccccc2F)C1. The van der Waals surface area contributed by atoms with Crippen molar-refractivity contribution in [1.82, 2.24) is 24.6 Å². The Morgan fingerprint density at radius 3 is 2.79 bits per heavy atom. The number of piperidine rings is 1. The molecule has 0 aliphatic carbocycles. The van der Waals surface area contributed by atoms with Gasteiger partial charge in [0.05, 0.1) is 25.3 Å². The predicted molar refractivity (Wildman–Crippen MR) is 101 cm³/mol. The van der Waals surface area contributed by atoms with Gasteiger partial charge in [0, 0.05) is 39.1 Å². The lowest BCUT2D eigenvalue weighted by molar-refractivity contribution is 0.0326. The minimum atomic E-state index is -0.471. The second-order valence-electron chi connectivity index (χ2n) is 7.49. The maximum Gasteiger partial charge on any atom is 0.256 e. The van der Waals surface area contributed by atoms with E-state index in [1.54, 1.807) is 23.1 Å². The van der Waals surface area contributed by atoms with Crippen molar-refractivity contribution in [2.45, 2.75) is 25.3 Å². The summed E-state index contributed by atoms with van der Waals surface area (Å²) in [6.07, 6.45) is 1.82. The first kappa shape index (κ1) is 19.0. The summed E-state index contributed by atoms with van der Waals surface area (Å²) in [5.74, 6) is 1.21. The summed E-state index contributed by atoms with van der Waals surface area (Å²) in [7, 11) is 1.99. The Morgan fingerprint density at radius 2 is 2.00 bits per heavy atom. The Kier molecular flexibility index (Phi) is 5.68. The van der Waals surface area contributed by atoms with Gasteiger partial charge >= 0.3 is 0 Å². The summed E-state index contributed by atoms with van der Waals surface area (Å²) in [5.41, 5.74) is 0.133. The predicted octanol–water partition coefficient (Wildman–Crippen LogP) is 1.81. The van der Waals surface area contributed by atoms with Crippen LogP contribution in [0, 0.1) is 5.82 Å². The van der Waals surface area contributed by atoms with Crippen LogP contribution in [0.5, 0.6) is 0 Å². The Labute approximate surface area is 164 Å². The van der Waals surface area contributed by atoms with Crippen LogP contribution < -0.4 is 0 Å². The zero-order valence-corrected chi connectivity index (χ0v) is 16.2. The van der Waals surface area contributed by atoms with Crippen molar-refractivity contribution in [3.05, 3.63) is 47.3 Å². The van der Waals surface area contributed by atoms with Crippen LogP contribution in [-0.4, -0.2) is 69.9 Å². The Balaban J connectivity index is 1.46. The Hall–Kier alpha value is -2.32. The van der Waals surface area contributed by atoms with Crippen molar-refractivity contribution >= 4 is 5.91 Å². The number of ether oxygens (including phenoxy) is 1. The van der Waals surface area contributed by atoms with Crippen LogP contribution in [0.4, 0.5) is 4.39 Å². The molecule has 0 unspecified atom stereocenters. The third kappa shape index (κ3) is 3.93. The van der Waals surface area contributed by atoms with Gasteiger partial charge in [0.2, 0.25) is 0 Å². The number of halogens is 1. The lowest BCUT2D eigenvalue weighted by Crippen LogP contribution is -2.40. The zero-order chi connectivity index (χ0) is 19.5. The molecule has 2 fully saturated rings. The van der Waals surface area contributed by atoms with Crippen LogP contribution in [0.1, 0.15) is 40.8 Å². The molecule has 3 heterocycles. The highest BCUT2D eigenvalue weighted by Gasteiger charge is 2.30. The Morgan fingerprint density at radius 1 is 1.21 bits per heavy atom. The van der Waals surface area contributed by atoms with Crippen LogP contribution in [0.3, 0.4) is 0 Å². The molecule has 1 amide bonds. The fourth-order valence-electron chi connectivity index (χ4n) is 4.01. The van der Waals surface area contributed by atoms with Gasteiger partial charge in [-0.25, -0.2) is 4.39 Å². The van der Waals surface area contributed by atoms with E-state index in [1.807, 2.05) is 7.05 Å². The lowest BCUT2D eigenvalue weighted by atomic mass is 9.96. The minimum Gasteiger partial charge on any atom is -0.379 e. The molecule has 1 aromatic heterocycles. The monoisotopic (exact) mass is 387 g/mol. The van der Waals surface area contributed by atoms with E-state index in [0.29, 0.717) is 13.1 Å². The van der Waals surface area contributed by atoms with Crippen molar-refractivity contribution < 1.29 is 13.9 Å². The number of morpholine rings is 1. The summed E-state index contributed by atoms with van der Waals surface area (Å²) in [4.78, 5) is 16.8. The van der Waals surface area contributed by atoms with Gasteiger partial charge in [-0.3, -0.25) is 9.69 Å². The molecule has 2 aliphatic rings. The van der Waals surface area contributed by atoms with Crippen molar-refractivity contribution in [2.75, 3.05) is 39.4 Å². The largest absolute Gasteiger partial charge is 0.379 e. The number of likely N-dealkylation sites (tertiary alicyclic amines) is 1. The van der Waals surface area contributed by atoms with E-state index in [1.165, 1.54) is 6.07 Å². The van der Waals surface area contributed by atoms with Gasteiger partial charge in [0.25, 0.3) is 5.91 Å². The van der Waals surface area contributed by atoms with E-state index < -0.39 is 5.82 Å². The smallest absolute Gasteiger partial charge is 0.256 e. The maximum atomic E-state index is 14.0. The van der Waals surface area contributed by atoms with Gasteiger partial charge in [-0.2, -0.15) is 0 Å². The number of rotatable bonds is 4. The second-order valence-corrected chi connectivity index (χ2v) is 7.49. The summed E-state index contributed by atoms with van der Waals surface area (Å²) >= 11 is 0. The van der Waals surface area contributed by atoms with E-state index in [9.17, 15) is 9.18 Å². The summed E-state index contributed by atoms with van der Waals surface area (Å²) in [6, 6.07) is 6.16. The van der Waals surface area contributed by atoms with Crippen molar-refractivity contribution in [1.29, 1.82) is 0 Å². The highest BCUT2D eigenvalue weighted by atomic mass is 19.1. The molecule has 0 radical (unpaired) electrons. The summed E-state index contributed by atoms with van der Waals surface area (Å²) < 4.78 is 21.5. The molecule has 7 nitrogen and oxygen atoms in total. The van der Waals surface area contributed by atoms with Gasteiger partial charge in [-0.15, -0.1) is 10.2 Å². The fraction of sp³-hybridized carbons (Fsp3) is 0.550. The summed E-state index contributed by atoms with van der Waals surface area (Å²) in [5, 5.41) is 8.83. The number of aromatic nitrogens is 3. The molecule has 2 aromatic rings. The van der Waals surface area contributed by atoms with Crippen molar-refractivity contribution in [3.63, 3.8) is 0 Å². The molecule has 2 aliphatic heterocycles. The molecule has 1 aromatic carbocycles. The molecule has 8 heteroatoms. The minimum absolute atomic E-state index is 0.111. The number of amides is 1. The molecule has 1 atom stereocenters. The molecule has 0 spiro atoms. The first-order chi connectivity index (χ1) is 13.6. The molecular formula is C20H26FN5O2. The van der Waals surface area contributed by atoms with Gasteiger partial charge in [-0.05, 0) is 25.0 Å². The number of carbonyl (C=O) groups is 1. The van der Waals surface area contributed by atoms with Crippen LogP contribution >= 0.6 is 0 Å². The van der Waals surface area contributed by atoms with E-state index in [0.717, 1.165) is 57.3 Å². The van der Waals surface area contributed by atoms with Crippen molar-refractivity contribution in [3.8, 4) is 0 Å². The first-order valence-corrected chi connectivity index (χ1v) is 9.85. The van der Waals surface area contributed by atoms with E-state index in [-0.39, 0.29) is 17.4 Å². The lowest BCUT2D eigenvalue weighted by Gasteiger charge is -2.32. The van der Waals surface area contributed by atoms with Crippen LogP contribution in [0.15, 0.2) is 24.3 Å². The molecule has 0 N–H and O–H groups in total. The molecular weight excluding hydrogens is 361 g/mol. The van der Waals surface area contributed by atoms with E-state index in [2.05, 4.69) is 19.7 Å². The molecule has 0 saturated carbocycles. The normalized spacial score (nSPS) is 21.1. The molecule has 4 rings (SSSR count). The standard InChI is InChI=1S/C20H26FN5O2/c1-24-18(14-25-9-11-28-12-10-25)22-23-19(24)15-5-4-8-26(13-15)20(27)16-6-2-3-7-17(16)21/h2-3,6-7,15H,4-5,8-14H2,1H3/t15-/m0/s1. The van der Waals surface area contributed by atoms with Gasteiger partial charge < -0.3 is 14.2 Å². The zero-order valence-electron chi connectivity index (χ0n) is 16.2. The van der Waals surface area contributed by atoms with E-state index in [4.69, 9.17) is 4.74 Å². The number of carbonyl (C=O) groups excluding carboxylic acids is 1. The highest BCUT2D eigenvalue weighted by molar-refractivity contribution is 5.94. The van der Waals surface area contributed by atoms with Crippen LogP contribution in [0.2, 0.25) is 0 Å². The average molecular weight is 387 g/mol. The second kappa shape index (κ2) is 8.36. The fourth-order valence-corrected chi connectivity index (χ4v) is 4.01. The highest BCUT2D eigenvalue weighted by Crippen LogP contribution is 2.27. The number of nitrogens with zero attached hydrogens (tertiary/aromatic N) is 5. The third-order valence-corrected chi connectivity index (χ3v) is 5.65. The number of benzene rings is 1. The Bertz CT molecular complexity index is 834. The maximum absolute atomic E-state index is 14.0. The van der Waals surface area contributed by atoms with E-state index >= 15 is 0 Å². The van der Waals surface area contributed by atoms with Crippen LogP contribution in [-0.2, 0) is 18.3 Å². The first-order valence-electron chi connectivity index (χ1n) is 9.85. The van der Waals surface area contributed by atoms with Gasteiger partial charge in [0.15, 0.2) is 0 Å². The number of hydrogen-bond donors (Lipinski definition) is 0. The van der Waals surface area contributed by atoms with Gasteiger partial charge in [-0.1, -0.05) is 12.1 Å². The quantitative estimate of drug-likeness (QED) is 0.801. The molecule has 2 saturated heterocycles.